The Hall–Kier alpha value is -3.74. The van der Waals surface area contributed by atoms with Gasteiger partial charge in [-0.1, -0.05) is 35.5 Å². The summed E-state index contributed by atoms with van der Waals surface area (Å²) in [6, 6.07) is 15.9. The summed E-state index contributed by atoms with van der Waals surface area (Å²) in [6.07, 6.45) is 3.12. The molecule has 0 aliphatic rings. The molecule has 0 bridgehead atoms. The van der Waals surface area contributed by atoms with Crippen LogP contribution < -0.4 is 5.32 Å². The Kier molecular flexibility index (Phi) is 5.93. The highest BCUT2D eigenvalue weighted by Gasteiger charge is 2.19. The Bertz CT molecular complexity index is 1190. The molecule has 0 spiro atoms. The van der Waals surface area contributed by atoms with Gasteiger partial charge < -0.3 is 9.84 Å². The molecule has 158 valence electrons. The second-order valence-corrected chi connectivity index (χ2v) is 7.57. The molecule has 0 saturated carbocycles. The second-order valence-electron chi connectivity index (χ2n) is 7.57. The lowest BCUT2D eigenvalue weighted by Crippen LogP contribution is -2.25. The molecular formula is C24H25N5O2. The summed E-state index contributed by atoms with van der Waals surface area (Å²) in [5.41, 5.74) is 5.39. The Labute approximate surface area is 181 Å². The number of carbonyl (C=O) groups excluding carboxylic acids is 1. The fraction of sp³-hybridized carbons (Fsp3) is 0.250. The average Bonchev–Trinajstić information content (AvgIpc) is 3.40. The number of rotatable bonds is 7. The predicted octanol–water partition coefficient (Wildman–Crippen LogP) is 4.21. The minimum absolute atomic E-state index is 0.155. The van der Waals surface area contributed by atoms with Crippen molar-refractivity contribution >= 4 is 5.91 Å². The van der Waals surface area contributed by atoms with Gasteiger partial charge in [-0.25, -0.2) is 4.68 Å². The Balaban J connectivity index is 1.56. The van der Waals surface area contributed by atoms with Crippen LogP contribution in [0.25, 0.3) is 16.9 Å². The summed E-state index contributed by atoms with van der Waals surface area (Å²) in [5, 5.41) is 11.5. The Morgan fingerprint density at radius 2 is 1.87 bits per heavy atom. The van der Waals surface area contributed by atoms with Crippen LogP contribution in [0.1, 0.15) is 39.6 Å². The summed E-state index contributed by atoms with van der Waals surface area (Å²) in [4.78, 5) is 17.2. The highest BCUT2D eigenvalue weighted by molar-refractivity contribution is 6.00. The van der Waals surface area contributed by atoms with Crippen LogP contribution in [-0.2, 0) is 6.42 Å². The number of carbonyl (C=O) groups is 1. The first kappa shape index (κ1) is 20.5. The van der Waals surface area contributed by atoms with Gasteiger partial charge in [-0.3, -0.25) is 4.79 Å². The summed E-state index contributed by atoms with van der Waals surface area (Å²) >= 11 is 0. The molecule has 0 saturated heterocycles. The van der Waals surface area contributed by atoms with Crippen LogP contribution in [0.5, 0.6) is 0 Å². The summed E-state index contributed by atoms with van der Waals surface area (Å²) in [5.74, 6) is 1.04. The van der Waals surface area contributed by atoms with Crippen molar-refractivity contribution in [3.8, 4) is 16.9 Å². The Morgan fingerprint density at radius 1 is 1.06 bits per heavy atom. The van der Waals surface area contributed by atoms with E-state index in [9.17, 15) is 4.79 Å². The molecule has 2 aromatic carbocycles. The molecule has 2 aromatic heterocycles. The van der Waals surface area contributed by atoms with Crippen molar-refractivity contribution in [3.05, 3.63) is 83.1 Å². The van der Waals surface area contributed by atoms with Crippen LogP contribution >= 0.6 is 0 Å². The maximum Gasteiger partial charge on any atom is 0.255 e. The van der Waals surface area contributed by atoms with Crippen molar-refractivity contribution in [3.63, 3.8) is 0 Å². The van der Waals surface area contributed by atoms with Crippen molar-refractivity contribution in [2.24, 2.45) is 0 Å². The molecular weight excluding hydrogens is 390 g/mol. The molecule has 0 aliphatic heterocycles. The largest absolute Gasteiger partial charge is 0.352 e. The molecule has 7 nitrogen and oxygen atoms in total. The molecule has 4 aromatic rings. The SMILES string of the molecule is Cc1noc(CCCNC(=O)c2cn(-c3ccccc3)nc2-c2ccc(C)c(C)c2)n1. The van der Waals surface area contributed by atoms with Crippen molar-refractivity contribution in [2.45, 2.75) is 33.6 Å². The second kappa shape index (κ2) is 8.95. The number of hydrogen-bond acceptors (Lipinski definition) is 5. The van der Waals surface area contributed by atoms with E-state index >= 15 is 0 Å². The molecule has 0 unspecified atom stereocenters. The minimum atomic E-state index is -0.155. The van der Waals surface area contributed by atoms with E-state index in [2.05, 4.69) is 41.4 Å². The van der Waals surface area contributed by atoms with Gasteiger partial charge in [-0.15, -0.1) is 0 Å². The van der Waals surface area contributed by atoms with Crippen LogP contribution in [0.15, 0.2) is 59.3 Å². The third-order valence-electron chi connectivity index (χ3n) is 5.18. The predicted molar refractivity (Wildman–Crippen MR) is 118 cm³/mol. The van der Waals surface area contributed by atoms with Crippen molar-refractivity contribution in [2.75, 3.05) is 6.54 Å². The lowest BCUT2D eigenvalue weighted by molar-refractivity contribution is 0.0953. The Morgan fingerprint density at radius 3 is 2.58 bits per heavy atom. The number of nitrogens with one attached hydrogen (secondary N) is 1. The molecule has 0 aliphatic carbocycles. The fourth-order valence-corrected chi connectivity index (χ4v) is 3.33. The summed E-state index contributed by atoms with van der Waals surface area (Å²) in [6.45, 7) is 6.42. The molecule has 4 rings (SSSR count). The van der Waals surface area contributed by atoms with E-state index in [0.717, 1.165) is 16.8 Å². The van der Waals surface area contributed by atoms with E-state index < -0.39 is 0 Å². The lowest BCUT2D eigenvalue weighted by Gasteiger charge is -2.06. The minimum Gasteiger partial charge on any atom is -0.352 e. The van der Waals surface area contributed by atoms with Crippen LogP contribution in [0.4, 0.5) is 0 Å². The van der Waals surface area contributed by atoms with Crippen molar-refractivity contribution in [1.82, 2.24) is 25.2 Å². The zero-order chi connectivity index (χ0) is 21.8. The molecule has 1 amide bonds. The number of benzene rings is 2. The molecule has 0 fully saturated rings. The van der Waals surface area contributed by atoms with Crippen LogP contribution in [-0.4, -0.2) is 32.4 Å². The number of nitrogens with zero attached hydrogens (tertiary/aromatic N) is 4. The van der Waals surface area contributed by atoms with E-state index in [4.69, 9.17) is 9.62 Å². The third-order valence-corrected chi connectivity index (χ3v) is 5.18. The zero-order valence-electron chi connectivity index (χ0n) is 17.9. The van der Waals surface area contributed by atoms with Crippen LogP contribution in [0.3, 0.4) is 0 Å². The molecule has 1 N–H and O–H groups in total. The first-order valence-corrected chi connectivity index (χ1v) is 10.3. The molecule has 2 heterocycles. The van der Waals surface area contributed by atoms with E-state index in [0.29, 0.717) is 42.4 Å². The topological polar surface area (TPSA) is 85.8 Å². The normalized spacial score (nSPS) is 10.9. The summed E-state index contributed by atoms with van der Waals surface area (Å²) in [7, 11) is 0. The maximum absolute atomic E-state index is 13.0. The van der Waals surface area contributed by atoms with Gasteiger partial charge in [0.25, 0.3) is 5.91 Å². The molecule has 7 heteroatoms. The maximum atomic E-state index is 13.0. The first-order chi connectivity index (χ1) is 15.0. The van der Waals surface area contributed by atoms with Gasteiger partial charge in [-0.05, 0) is 56.5 Å². The van der Waals surface area contributed by atoms with Gasteiger partial charge in [0, 0.05) is 24.7 Å². The van der Waals surface area contributed by atoms with Gasteiger partial charge in [0.05, 0.1) is 11.3 Å². The van der Waals surface area contributed by atoms with Crippen LogP contribution in [0.2, 0.25) is 0 Å². The molecule has 31 heavy (non-hydrogen) atoms. The van der Waals surface area contributed by atoms with E-state index in [1.165, 1.54) is 5.56 Å². The highest BCUT2D eigenvalue weighted by Crippen LogP contribution is 2.26. The standard InChI is InChI=1S/C24H25N5O2/c1-16-11-12-19(14-17(16)2)23-21(15-29(27-23)20-8-5-4-6-9-20)24(30)25-13-7-10-22-26-18(3)28-31-22/h4-6,8-9,11-12,14-15H,7,10,13H2,1-3H3,(H,25,30). The number of aromatic nitrogens is 4. The first-order valence-electron chi connectivity index (χ1n) is 10.3. The number of para-hydroxylation sites is 1. The van der Waals surface area contributed by atoms with E-state index in [1.54, 1.807) is 17.8 Å². The monoisotopic (exact) mass is 415 g/mol. The van der Waals surface area contributed by atoms with Crippen LogP contribution in [0, 0.1) is 20.8 Å². The third kappa shape index (κ3) is 4.71. The fourth-order valence-electron chi connectivity index (χ4n) is 3.33. The number of hydrogen-bond donors (Lipinski definition) is 1. The van der Waals surface area contributed by atoms with Crippen molar-refractivity contribution in [1.29, 1.82) is 0 Å². The van der Waals surface area contributed by atoms with E-state index in [1.807, 2.05) is 36.4 Å². The van der Waals surface area contributed by atoms with Gasteiger partial charge >= 0.3 is 0 Å². The summed E-state index contributed by atoms with van der Waals surface area (Å²) < 4.78 is 6.87. The molecule has 0 radical (unpaired) electrons. The average molecular weight is 415 g/mol. The van der Waals surface area contributed by atoms with Gasteiger partial charge in [-0.2, -0.15) is 10.1 Å². The van der Waals surface area contributed by atoms with Gasteiger partial charge in [0.1, 0.15) is 5.69 Å². The van der Waals surface area contributed by atoms with Crippen molar-refractivity contribution < 1.29 is 9.32 Å². The molecule has 0 atom stereocenters. The number of aryl methyl sites for hydroxylation is 4. The number of amides is 1. The highest BCUT2D eigenvalue weighted by atomic mass is 16.5. The smallest absolute Gasteiger partial charge is 0.255 e. The van der Waals surface area contributed by atoms with Gasteiger partial charge in [0.2, 0.25) is 5.89 Å². The zero-order valence-corrected chi connectivity index (χ0v) is 17.9. The lowest BCUT2D eigenvalue weighted by atomic mass is 10.0. The van der Waals surface area contributed by atoms with Gasteiger partial charge in [0.15, 0.2) is 5.82 Å². The quantitative estimate of drug-likeness (QED) is 0.457. The van der Waals surface area contributed by atoms with E-state index in [-0.39, 0.29) is 5.91 Å².